The van der Waals surface area contributed by atoms with Crippen LogP contribution in [0, 0.1) is 5.92 Å². The van der Waals surface area contributed by atoms with Gasteiger partial charge in [-0.15, -0.1) is 24.0 Å². The molecule has 0 aliphatic heterocycles. The van der Waals surface area contributed by atoms with Gasteiger partial charge in [-0.3, -0.25) is 9.79 Å². The zero-order chi connectivity index (χ0) is 21.3. The van der Waals surface area contributed by atoms with Gasteiger partial charge in [0, 0.05) is 37.0 Å². The Morgan fingerprint density at radius 3 is 2.39 bits per heavy atom. The second kappa shape index (κ2) is 12.4. The number of guanidine groups is 1. The molecular weight excluding hydrogens is 507 g/mol. The van der Waals surface area contributed by atoms with Gasteiger partial charge in [0.2, 0.25) is 5.91 Å². The zero-order valence-electron chi connectivity index (χ0n) is 18.2. The number of anilines is 2. The number of halogens is 1. The summed E-state index contributed by atoms with van der Waals surface area (Å²) in [6.45, 7) is 0.570. The van der Waals surface area contributed by atoms with E-state index in [9.17, 15) is 4.79 Å². The Bertz CT molecular complexity index is 898. The standard InChI is InChI=1S/C23H30N4O3.HI/c1-24-23(27-19-11-12-20(29-2)21(14-19)30-3)25-15-16-7-6-10-18(13-16)26-22(28)17-8-4-5-9-17;/h6-7,10-14,17H,4-5,8-9,15H2,1-3H3,(H,26,28)(H2,24,25,27);1H. The molecule has 2 aromatic rings. The van der Waals surface area contributed by atoms with E-state index in [1.165, 1.54) is 0 Å². The molecule has 0 radical (unpaired) electrons. The van der Waals surface area contributed by atoms with Crippen molar-refractivity contribution in [3.8, 4) is 11.5 Å². The SMILES string of the molecule is CN=C(NCc1cccc(NC(=O)C2CCCC2)c1)Nc1ccc(OC)c(OC)c1.I. The molecule has 1 amide bonds. The molecule has 1 aliphatic carbocycles. The van der Waals surface area contributed by atoms with Crippen LogP contribution in [-0.2, 0) is 11.3 Å². The Hall–Kier alpha value is -2.49. The number of nitrogens with one attached hydrogen (secondary N) is 3. The molecular formula is C23H31IN4O3. The molecule has 3 N–H and O–H groups in total. The Morgan fingerprint density at radius 1 is 1.00 bits per heavy atom. The van der Waals surface area contributed by atoms with E-state index in [4.69, 9.17) is 9.47 Å². The van der Waals surface area contributed by atoms with E-state index in [0.717, 1.165) is 42.6 Å². The highest BCUT2D eigenvalue weighted by Crippen LogP contribution is 2.29. The van der Waals surface area contributed by atoms with E-state index >= 15 is 0 Å². The average Bonchev–Trinajstić information content (AvgIpc) is 3.32. The van der Waals surface area contributed by atoms with Crippen molar-refractivity contribution in [3.63, 3.8) is 0 Å². The summed E-state index contributed by atoms with van der Waals surface area (Å²) in [5.74, 6) is 2.22. The summed E-state index contributed by atoms with van der Waals surface area (Å²) in [4.78, 5) is 16.6. The Kier molecular flexibility index (Phi) is 9.90. The molecule has 0 atom stereocenters. The lowest BCUT2D eigenvalue weighted by molar-refractivity contribution is -0.119. The minimum absolute atomic E-state index is 0. The smallest absolute Gasteiger partial charge is 0.227 e. The molecule has 0 spiro atoms. The number of rotatable bonds is 7. The van der Waals surface area contributed by atoms with Crippen LogP contribution in [0.5, 0.6) is 11.5 Å². The van der Waals surface area contributed by atoms with Crippen LogP contribution in [0.4, 0.5) is 11.4 Å². The van der Waals surface area contributed by atoms with Crippen LogP contribution in [0.25, 0.3) is 0 Å². The molecule has 2 aromatic carbocycles. The lowest BCUT2D eigenvalue weighted by Crippen LogP contribution is -2.30. The first-order chi connectivity index (χ1) is 14.6. The summed E-state index contributed by atoms with van der Waals surface area (Å²) in [6, 6.07) is 13.5. The Balaban J connectivity index is 0.00000341. The molecule has 0 bridgehead atoms. The fourth-order valence-electron chi connectivity index (χ4n) is 3.61. The number of hydrogen-bond acceptors (Lipinski definition) is 4. The van der Waals surface area contributed by atoms with E-state index in [1.54, 1.807) is 21.3 Å². The van der Waals surface area contributed by atoms with Gasteiger partial charge in [-0.05, 0) is 42.7 Å². The van der Waals surface area contributed by atoms with Crippen LogP contribution in [0.1, 0.15) is 31.2 Å². The second-order valence-electron chi connectivity index (χ2n) is 7.29. The van der Waals surface area contributed by atoms with Gasteiger partial charge >= 0.3 is 0 Å². The van der Waals surface area contributed by atoms with Gasteiger partial charge in [-0.1, -0.05) is 25.0 Å². The maximum Gasteiger partial charge on any atom is 0.227 e. The van der Waals surface area contributed by atoms with Crippen molar-refractivity contribution in [1.82, 2.24) is 5.32 Å². The molecule has 1 saturated carbocycles. The van der Waals surface area contributed by atoms with Gasteiger partial charge in [0.15, 0.2) is 17.5 Å². The molecule has 0 heterocycles. The summed E-state index contributed by atoms with van der Waals surface area (Å²) >= 11 is 0. The van der Waals surface area contributed by atoms with Gasteiger partial charge in [0.25, 0.3) is 0 Å². The minimum Gasteiger partial charge on any atom is -0.493 e. The van der Waals surface area contributed by atoms with Crippen LogP contribution in [0.3, 0.4) is 0 Å². The first-order valence-corrected chi connectivity index (χ1v) is 10.2. The fourth-order valence-corrected chi connectivity index (χ4v) is 3.61. The summed E-state index contributed by atoms with van der Waals surface area (Å²) < 4.78 is 10.6. The van der Waals surface area contributed by atoms with Crippen molar-refractivity contribution in [2.45, 2.75) is 32.2 Å². The number of carbonyl (C=O) groups is 1. The highest BCUT2D eigenvalue weighted by Gasteiger charge is 2.22. The molecule has 7 nitrogen and oxygen atoms in total. The number of hydrogen-bond donors (Lipinski definition) is 3. The van der Waals surface area contributed by atoms with Gasteiger partial charge < -0.3 is 25.4 Å². The number of aliphatic imine (C=N–C) groups is 1. The van der Waals surface area contributed by atoms with E-state index in [2.05, 4.69) is 20.9 Å². The van der Waals surface area contributed by atoms with Crippen molar-refractivity contribution in [2.24, 2.45) is 10.9 Å². The predicted molar refractivity (Wildman–Crippen MR) is 136 cm³/mol. The molecule has 1 fully saturated rings. The monoisotopic (exact) mass is 538 g/mol. The number of amides is 1. The Morgan fingerprint density at radius 2 is 1.71 bits per heavy atom. The minimum atomic E-state index is 0. The first-order valence-electron chi connectivity index (χ1n) is 10.2. The highest BCUT2D eigenvalue weighted by atomic mass is 127. The van der Waals surface area contributed by atoms with Crippen LogP contribution in [-0.4, -0.2) is 33.1 Å². The van der Waals surface area contributed by atoms with Crippen molar-refractivity contribution in [3.05, 3.63) is 48.0 Å². The highest BCUT2D eigenvalue weighted by molar-refractivity contribution is 14.0. The van der Waals surface area contributed by atoms with Crippen molar-refractivity contribution in [1.29, 1.82) is 0 Å². The van der Waals surface area contributed by atoms with Crippen LogP contribution in [0.2, 0.25) is 0 Å². The average molecular weight is 538 g/mol. The van der Waals surface area contributed by atoms with Gasteiger partial charge in [-0.2, -0.15) is 0 Å². The topological polar surface area (TPSA) is 84.0 Å². The van der Waals surface area contributed by atoms with Crippen LogP contribution in [0.15, 0.2) is 47.5 Å². The third kappa shape index (κ3) is 7.02. The van der Waals surface area contributed by atoms with Crippen molar-refractivity contribution in [2.75, 3.05) is 31.9 Å². The number of nitrogens with zero attached hydrogens (tertiary/aromatic N) is 1. The van der Waals surface area contributed by atoms with E-state index in [0.29, 0.717) is 24.0 Å². The summed E-state index contributed by atoms with van der Waals surface area (Å²) in [6.07, 6.45) is 4.28. The zero-order valence-corrected chi connectivity index (χ0v) is 20.6. The molecule has 168 valence electrons. The third-order valence-electron chi connectivity index (χ3n) is 5.25. The Labute approximate surface area is 201 Å². The number of carbonyl (C=O) groups excluding carboxylic acids is 1. The number of benzene rings is 2. The third-order valence-corrected chi connectivity index (χ3v) is 5.25. The van der Waals surface area contributed by atoms with Crippen LogP contribution >= 0.6 is 24.0 Å². The summed E-state index contributed by atoms with van der Waals surface area (Å²) in [5, 5.41) is 9.58. The van der Waals surface area contributed by atoms with E-state index in [1.807, 2.05) is 42.5 Å². The maximum atomic E-state index is 12.4. The van der Waals surface area contributed by atoms with Crippen molar-refractivity contribution >= 4 is 47.2 Å². The fraction of sp³-hybridized carbons (Fsp3) is 0.391. The molecule has 0 saturated heterocycles. The van der Waals surface area contributed by atoms with E-state index < -0.39 is 0 Å². The number of ether oxygens (including phenoxy) is 2. The van der Waals surface area contributed by atoms with Crippen LogP contribution < -0.4 is 25.4 Å². The molecule has 8 heteroatoms. The van der Waals surface area contributed by atoms with E-state index in [-0.39, 0.29) is 35.8 Å². The maximum absolute atomic E-state index is 12.4. The van der Waals surface area contributed by atoms with Crippen molar-refractivity contribution < 1.29 is 14.3 Å². The summed E-state index contributed by atoms with van der Waals surface area (Å²) in [7, 11) is 4.93. The lowest BCUT2D eigenvalue weighted by atomic mass is 10.1. The molecule has 3 rings (SSSR count). The quantitative estimate of drug-likeness (QED) is 0.272. The second-order valence-corrected chi connectivity index (χ2v) is 7.29. The van der Waals surface area contributed by atoms with Gasteiger partial charge in [-0.25, -0.2) is 0 Å². The lowest BCUT2D eigenvalue weighted by Gasteiger charge is -2.15. The van der Waals surface area contributed by atoms with Gasteiger partial charge in [0.1, 0.15) is 0 Å². The number of methoxy groups -OCH3 is 2. The molecule has 0 unspecified atom stereocenters. The normalized spacial score (nSPS) is 13.8. The predicted octanol–water partition coefficient (Wildman–Crippen LogP) is 4.64. The first kappa shape index (κ1) is 24.8. The molecule has 31 heavy (non-hydrogen) atoms. The molecule has 1 aliphatic rings. The molecule has 0 aromatic heterocycles. The summed E-state index contributed by atoms with van der Waals surface area (Å²) in [5.41, 5.74) is 2.71. The van der Waals surface area contributed by atoms with Gasteiger partial charge in [0.05, 0.1) is 14.2 Å². The largest absolute Gasteiger partial charge is 0.493 e.